The van der Waals surface area contributed by atoms with Crippen molar-refractivity contribution >= 4 is 28.8 Å². The van der Waals surface area contributed by atoms with Crippen LogP contribution in [0.3, 0.4) is 0 Å². The van der Waals surface area contributed by atoms with Gasteiger partial charge in [0.2, 0.25) is 5.95 Å². The normalized spacial score (nSPS) is 14.8. The predicted octanol–water partition coefficient (Wildman–Crippen LogP) is 2.29. The monoisotopic (exact) mass is 389 g/mol. The molecule has 1 aliphatic rings. The second kappa shape index (κ2) is 8.37. The van der Waals surface area contributed by atoms with Crippen molar-refractivity contribution in [2.45, 2.75) is 25.8 Å². The third-order valence-corrected chi connectivity index (χ3v) is 5.07. The van der Waals surface area contributed by atoms with Gasteiger partial charge in [-0.05, 0) is 25.8 Å². The Bertz CT molecular complexity index is 852. The van der Waals surface area contributed by atoms with E-state index >= 15 is 0 Å². The first-order valence-corrected chi connectivity index (χ1v) is 9.32. The number of amides is 1. The molecule has 0 saturated carbocycles. The highest BCUT2D eigenvalue weighted by Gasteiger charge is 2.27. The summed E-state index contributed by atoms with van der Waals surface area (Å²) < 4.78 is 15.8. The van der Waals surface area contributed by atoms with Crippen LogP contribution in [-0.4, -0.2) is 68.0 Å². The fourth-order valence-electron chi connectivity index (χ4n) is 3.44. The van der Waals surface area contributed by atoms with Crippen LogP contribution in [0.2, 0.25) is 0 Å². The van der Waals surface area contributed by atoms with Gasteiger partial charge in [-0.3, -0.25) is 0 Å². The lowest BCUT2D eigenvalue weighted by molar-refractivity contribution is 0.0962. The average Bonchev–Trinajstić information content (AvgIpc) is 2.72. The van der Waals surface area contributed by atoms with E-state index in [0.29, 0.717) is 35.4 Å². The van der Waals surface area contributed by atoms with E-state index in [9.17, 15) is 4.79 Å². The van der Waals surface area contributed by atoms with Crippen molar-refractivity contribution in [1.82, 2.24) is 14.9 Å². The number of hydrogen-bond acceptors (Lipinski definition) is 8. The highest BCUT2D eigenvalue weighted by Crippen LogP contribution is 2.34. The van der Waals surface area contributed by atoms with Crippen molar-refractivity contribution in [3.63, 3.8) is 0 Å². The minimum atomic E-state index is -0.284. The van der Waals surface area contributed by atoms with Crippen molar-refractivity contribution in [2.75, 3.05) is 51.6 Å². The summed E-state index contributed by atoms with van der Waals surface area (Å²) >= 11 is 0. The van der Waals surface area contributed by atoms with Crippen LogP contribution in [-0.2, 0) is 4.74 Å². The second-order valence-electron chi connectivity index (χ2n) is 6.66. The van der Waals surface area contributed by atoms with Crippen LogP contribution in [0.25, 0.3) is 10.9 Å². The maximum atomic E-state index is 11.9. The number of anilines is 2. The number of carbonyl (C=O) groups is 1. The number of benzene rings is 1. The average molecular weight is 389 g/mol. The molecule has 2 N–H and O–H groups in total. The fraction of sp³-hybridized carbons (Fsp3) is 0.526. The molecule has 28 heavy (non-hydrogen) atoms. The molecule has 2 heterocycles. The largest absolute Gasteiger partial charge is 0.493 e. The maximum Gasteiger partial charge on any atom is 0.409 e. The minimum absolute atomic E-state index is 0.137. The van der Waals surface area contributed by atoms with E-state index in [-0.39, 0.29) is 12.1 Å². The standard InChI is InChI=1S/C19H27N5O4/c1-5-28-19(25)23(2)12-6-8-24(9-7-12)18-21-14-11-16(27-4)15(26-3)10-13(14)17(20)22-18/h10-12H,5-9H2,1-4H3,(H2,20,21,22). The zero-order valence-corrected chi connectivity index (χ0v) is 16.8. The van der Waals surface area contributed by atoms with Crippen LogP contribution in [0.4, 0.5) is 16.6 Å². The van der Waals surface area contributed by atoms with Gasteiger partial charge in [-0.2, -0.15) is 4.98 Å². The Hall–Kier alpha value is -2.97. The Balaban J connectivity index is 1.78. The molecule has 0 radical (unpaired) electrons. The molecule has 9 heteroatoms. The first kappa shape index (κ1) is 19.8. The molecule has 1 aromatic heterocycles. The van der Waals surface area contributed by atoms with Crippen LogP contribution in [0, 0.1) is 0 Å². The van der Waals surface area contributed by atoms with Crippen LogP contribution >= 0.6 is 0 Å². The van der Waals surface area contributed by atoms with Gasteiger partial charge in [0.15, 0.2) is 11.5 Å². The van der Waals surface area contributed by atoms with E-state index in [1.807, 2.05) is 0 Å². The maximum absolute atomic E-state index is 11.9. The molecule has 1 aromatic carbocycles. The van der Waals surface area contributed by atoms with Gasteiger partial charge in [0.05, 0.1) is 26.3 Å². The highest BCUT2D eigenvalue weighted by molar-refractivity contribution is 5.91. The molecule has 9 nitrogen and oxygen atoms in total. The molecule has 1 saturated heterocycles. The van der Waals surface area contributed by atoms with Gasteiger partial charge in [0.25, 0.3) is 0 Å². The summed E-state index contributed by atoms with van der Waals surface area (Å²) in [5.41, 5.74) is 6.88. The Labute approximate surface area is 164 Å². The molecule has 1 aliphatic heterocycles. The number of piperidine rings is 1. The molecule has 1 fully saturated rings. The molecule has 0 bridgehead atoms. The summed E-state index contributed by atoms with van der Waals surface area (Å²) in [5.74, 6) is 2.15. The molecule has 0 aliphatic carbocycles. The van der Waals surface area contributed by atoms with Gasteiger partial charge in [-0.15, -0.1) is 0 Å². The van der Waals surface area contributed by atoms with Gasteiger partial charge in [-0.1, -0.05) is 0 Å². The molecule has 0 spiro atoms. The van der Waals surface area contributed by atoms with Crippen molar-refractivity contribution in [3.8, 4) is 11.5 Å². The summed E-state index contributed by atoms with van der Waals surface area (Å²) in [6.45, 7) is 3.64. The predicted molar refractivity (Wildman–Crippen MR) is 107 cm³/mol. The van der Waals surface area contributed by atoms with Crippen molar-refractivity contribution < 1.29 is 19.0 Å². The van der Waals surface area contributed by atoms with E-state index in [2.05, 4.69) is 14.9 Å². The second-order valence-corrected chi connectivity index (χ2v) is 6.66. The number of nitrogens with two attached hydrogens (primary N) is 1. The Morgan fingerprint density at radius 2 is 1.86 bits per heavy atom. The van der Waals surface area contributed by atoms with Crippen molar-refractivity contribution in [1.29, 1.82) is 0 Å². The lowest BCUT2D eigenvalue weighted by Crippen LogP contribution is -2.46. The van der Waals surface area contributed by atoms with E-state index in [4.69, 9.17) is 19.9 Å². The van der Waals surface area contributed by atoms with Crippen LogP contribution in [0.15, 0.2) is 12.1 Å². The Morgan fingerprint density at radius 1 is 1.21 bits per heavy atom. The Morgan fingerprint density at radius 3 is 2.46 bits per heavy atom. The Kier molecular flexibility index (Phi) is 5.91. The molecule has 0 atom stereocenters. The zero-order valence-electron chi connectivity index (χ0n) is 16.8. The summed E-state index contributed by atoms with van der Waals surface area (Å²) in [4.78, 5) is 24.8. The molecular weight excluding hydrogens is 362 g/mol. The number of ether oxygens (including phenoxy) is 3. The van der Waals surface area contributed by atoms with Crippen LogP contribution < -0.4 is 20.1 Å². The number of aromatic nitrogens is 2. The topological polar surface area (TPSA) is 103 Å². The van der Waals surface area contributed by atoms with E-state index < -0.39 is 0 Å². The van der Waals surface area contributed by atoms with Crippen molar-refractivity contribution in [3.05, 3.63) is 12.1 Å². The summed E-state index contributed by atoms with van der Waals surface area (Å²) in [6, 6.07) is 3.72. The first-order valence-electron chi connectivity index (χ1n) is 9.32. The summed E-state index contributed by atoms with van der Waals surface area (Å²) in [5, 5.41) is 0.721. The molecule has 0 unspecified atom stereocenters. The summed E-state index contributed by atoms with van der Waals surface area (Å²) in [7, 11) is 4.94. The smallest absolute Gasteiger partial charge is 0.409 e. The lowest BCUT2D eigenvalue weighted by Gasteiger charge is -2.36. The minimum Gasteiger partial charge on any atom is -0.493 e. The van der Waals surface area contributed by atoms with Gasteiger partial charge in [0.1, 0.15) is 5.82 Å². The number of fused-ring (bicyclic) bond motifs is 1. The third-order valence-electron chi connectivity index (χ3n) is 5.07. The van der Waals surface area contributed by atoms with E-state index in [0.717, 1.165) is 31.3 Å². The van der Waals surface area contributed by atoms with Crippen molar-refractivity contribution in [2.24, 2.45) is 0 Å². The van der Waals surface area contributed by atoms with Crippen LogP contribution in [0.1, 0.15) is 19.8 Å². The number of hydrogen-bond donors (Lipinski definition) is 1. The number of nitrogens with zero attached hydrogens (tertiary/aromatic N) is 4. The molecular formula is C19H27N5O4. The SMILES string of the molecule is CCOC(=O)N(C)C1CCN(c2nc(N)c3cc(OC)c(OC)cc3n2)CC1. The molecule has 152 valence electrons. The van der Waals surface area contributed by atoms with Gasteiger partial charge >= 0.3 is 6.09 Å². The zero-order chi connectivity index (χ0) is 20.3. The first-order chi connectivity index (χ1) is 13.5. The molecule has 1 amide bonds. The number of rotatable bonds is 5. The highest BCUT2D eigenvalue weighted by atomic mass is 16.6. The summed E-state index contributed by atoms with van der Waals surface area (Å²) in [6.07, 6.45) is 1.33. The number of nitrogen functional groups attached to an aromatic ring is 1. The van der Waals surface area contributed by atoms with Gasteiger partial charge < -0.3 is 29.7 Å². The number of methoxy groups -OCH3 is 2. The lowest BCUT2D eigenvalue weighted by atomic mass is 10.0. The van der Waals surface area contributed by atoms with Gasteiger partial charge in [0, 0.05) is 37.6 Å². The van der Waals surface area contributed by atoms with E-state index in [1.165, 1.54) is 0 Å². The van der Waals surface area contributed by atoms with E-state index in [1.54, 1.807) is 45.2 Å². The molecule has 2 aromatic rings. The van der Waals surface area contributed by atoms with Crippen LogP contribution in [0.5, 0.6) is 11.5 Å². The molecule has 3 rings (SSSR count). The number of carbonyl (C=O) groups excluding carboxylic acids is 1. The quantitative estimate of drug-likeness (QED) is 0.831. The fourth-order valence-corrected chi connectivity index (χ4v) is 3.44. The van der Waals surface area contributed by atoms with Gasteiger partial charge in [-0.25, -0.2) is 9.78 Å². The third kappa shape index (κ3) is 3.83.